The smallest absolute Gasteiger partial charge is 0 e. The molecular formula is CH4MoNbWZr. The second-order valence-corrected chi connectivity index (χ2v) is 0. The molecule has 0 spiro atoms. The predicted octanol–water partition coefficient (Wildman–Crippen LogP) is 0.626. The first-order valence-electron chi connectivity index (χ1n) is 0. The van der Waals surface area contributed by atoms with Crippen LogP contribution in [-0.2, 0) is 90.7 Å². The first kappa shape index (κ1) is 43.6. The molecule has 0 aromatic carbocycles. The molecule has 29 valence electrons. The molecule has 0 saturated carbocycles. The van der Waals surface area contributed by atoms with Gasteiger partial charge >= 0.3 is 0 Å². The van der Waals surface area contributed by atoms with Gasteiger partial charge in [0, 0.05) is 90.7 Å². The Balaban J connectivity index is 0. The van der Waals surface area contributed by atoms with Crippen molar-refractivity contribution in [2.75, 3.05) is 0 Å². The molecule has 0 aliphatic rings. The van der Waals surface area contributed by atoms with Crippen LogP contribution in [0, 0.1) is 0 Å². The molecule has 4 heteroatoms. The van der Waals surface area contributed by atoms with Crippen LogP contribution in [0.15, 0.2) is 0 Å². The summed E-state index contributed by atoms with van der Waals surface area (Å²) >= 11 is 0. The Morgan fingerprint density at radius 1 is 1.00 bits per heavy atom. The summed E-state index contributed by atoms with van der Waals surface area (Å²) in [6.07, 6.45) is 0. The number of hydrogen-bond donors (Lipinski definition) is 0. The zero-order valence-corrected chi connectivity index (χ0v) is 11.4. The maximum absolute atomic E-state index is 0. The molecule has 1 radical (unpaired) electrons. The Labute approximate surface area is 96.4 Å². The topological polar surface area (TPSA) is 0 Å². The fraction of sp³-hybridized carbons (Fsp3) is 1.00. The van der Waals surface area contributed by atoms with E-state index >= 15 is 0 Å². The molecule has 0 aliphatic carbocycles. The predicted molar refractivity (Wildman–Crippen MR) is 6.73 cm³/mol. The molecule has 0 N–H and O–H groups in total. The summed E-state index contributed by atoms with van der Waals surface area (Å²) in [7, 11) is 0. The van der Waals surface area contributed by atoms with Gasteiger partial charge < -0.3 is 0 Å². The van der Waals surface area contributed by atoms with Crippen molar-refractivity contribution in [1.82, 2.24) is 0 Å². The van der Waals surface area contributed by atoms with E-state index in [2.05, 4.69) is 0 Å². The zero-order valence-electron chi connectivity index (χ0n) is 1.76. The van der Waals surface area contributed by atoms with Gasteiger partial charge in [0.2, 0.25) is 0 Å². The fourth-order valence-corrected chi connectivity index (χ4v) is 0. The molecule has 0 saturated heterocycles. The molecule has 0 amide bonds. The normalized spacial score (nSPS) is 0. The first-order valence-corrected chi connectivity index (χ1v) is 0. The van der Waals surface area contributed by atoms with Gasteiger partial charge in [0.1, 0.15) is 0 Å². The van der Waals surface area contributed by atoms with Gasteiger partial charge in [-0.2, -0.15) is 0 Å². The average molecular weight is 480 g/mol. The van der Waals surface area contributed by atoms with Gasteiger partial charge in [-0.05, 0) is 0 Å². The fourth-order valence-electron chi connectivity index (χ4n) is 0. The SMILES string of the molecule is C.[Mo].[Nb].[W].[Zr]. The van der Waals surface area contributed by atoms with Crippen LogP contribution >= 0.6 is 0 Å². The Hall–Kier alpha value is 3.00. The van der Waals surface area contributed by atoms with Crippen LogP contribution < -0.4 is 0 Å². The molecule has 0 fully saturated rings. The maximum atomic E-state index is 0. The summed E-state index contributed by atoms with van der Waals surface area (Å²) in [5.74, 6) is 0. The molecule has 0 aromatic rings. The third-order valence-electron chi connectivity index (χ3n) is 0. The minimum Gasteiger partial charge on any atom is -0.0776 e. The van der Waals surface area contributed by atoms with Crippen molar-refractivity contribution in [2.24, 2.45) is 0 Å². The maximum Gasteiger partial charge on any atom is 0 e. The van der Waals surface area contributed by atoms with E-state index in [1.807, 2.05) is 0 Å². The van der Waals surface area contributed by atoms with Gasteiger partial charge in [0.05, 0.1) is 0 Å². The van der Waals surface area contributed by atoms with Crippen molar-refractivity contribution in [3.63, 3.8) is 0 Å². The van der Waals surface area contributed by atoms with Crippen molar-refractivity contribution in [3.8, 4) is 0 Å². The van der Waals surface area contributed by atoms with Crippen LogP contribution in [0.2, 0.25) is 0 Å². The van der Waals surface area contributed by atoms with Gasteiger partial charge in [0.25, 0.3) is 0 Å². The van der Waals surface area contributed by atoms with Gasteiger partial charge in [-0.3, -0.25) is 0 Å². The van der Waals surface area contributed by atoms with Crippen molar-refractivity contribution >= 4 is 0 Å². The summed E-state index contributed by atoms with van der Waals surface area (Å²) in [4.78, 5) is 0. The van der Waals surface area contributed by atoms with Crippen LogP contribution in [0.1, 0.15) is 7.43 Å². The van der Waals surface area contributed by atoms with E-state index in [4.69, 9.17) is 0 Å². The van der Waals surface area contributed by atoms with E-state index in [0.29, 0.717) is 0 Å². The van der Waals surface area contributed by atoms with Gasteiger partial charge in [-0.25, -0.2) is 0 Å². The summed E-state index contributed by atoms with van der Waals surface area (Å²) in [5, 5.41) is 0. The molecule has 0 nitrogen and oxygen atoms in total. The summed E-state index contributed by atoms with van der Waals surface area (Å²) in [6, 6.07) is 0. The number of rotatable bonds is 0. The van der Waals surface area contributed by atoms with Crippen LogP contribution in [-0.4, -0.2) is 0 Å². The van der Waals surface area contributed by atoms with Crippen molar-refractivity contribution in [1.29, 1.82) is 0 Å². The molecule has 0 aliphatic heterocycles. The average Bonchev–Trinajstić information content (AvgIpc) is 0. The van der Waals surface area contributed by atoms with Crippen molar-refractivity contribution in [2.45, 2.75) is 7.43 Å². The summed E-state index contributed by atoms with van der Waals surface area (Å²) < 4.78 is 0. The monoisotopic (exact) mass is 481 g/mol. The Morgan fingerprint density at radius 2 is 1.00 bits per heavy atom. The molecule has 0 atom stereocenters. The summed E-state index contributed by atoms with van der Waals surface area (Å²) in [6.45, 7) is 0. The number of hydrogen-bond acceptors (Lipinski definition) is 0. The van der Waals surface area contributed by atoms with E-state index < -0.39 is 0 Å². The van der Waals surface area contributed by atoms with Crippen LogP contribution in [0.25, 0.3) is 0 Å². The van der Waals surface area contributed by atoms with E-state index in [9.17, 15) is 0 Å². The minimum absolute atomic E-state index is 0. The first-order chi connectivity index (χ1) is 0. The van der Waals surface area contributed by atoms with Crippen LogP contribution in [0.4, 0.5) is 0 Å². The van der Waals surface area contributed by atoms with Crippen molar-refractivity contribution < 1.29 is 90.7 Å². The molecule has 0 rings (SSSR count). The Morgan fingerprint density at radius 3 is 1.00 bits per heavy atom. The Bertz CT molecular complexity index is 11.6. The largest absolute Gasteiger partial charge is 0.0776 e. The Kier molecular flexibility index (Phi) is 244. The molecule has 0 unspecified atom stereocenters. The quantitative estimate of drug-likeness (QED) is 0.447. The van der Waals surface area contributed by atoms with E-state index in [1.54, 1.807) is 0 Å². The van der Waals surface area contributed by atoms with Gasteiger partial charge in [-0.15, -0.1) is 0 Å². The molecule has 0 bridgehead atoms. The molecule has 0 aromatic heterocycles. The van der Waals surface area contributed by atoms with E-state index in [-0.39, 0.29) is 98.1 Å². The van der Waals surface area contributed by atoms with Gasteiger partial charge in [-0.1, -0.05) is 7.43 Å². The second kappa shape index (κ2) is 28.0. The zero-order chi connectivity index (χ0) is 0. The van der Waals surface area contributed by atoms with Crippen molar-refractivity contribution in [3.05, 3.63) is 0 Å². The standard InChI is InChI=1S/CH4.Mo.Nb.W.Zr/h1H4;;;;. The van der Waals surface area contributed by atoms with Gasteiger partial charge in [0.15, 0.2) is 0 Å². The minimum atomic E-state index is 0. The second-order valence-electron chi connectivity index (χ2n) is 0. The summed E-state index contributed by atoms with van der Waals surface area (Å²) in [5.41, 5.74) is 0. The third-order valence-corrected chi connectivity index (χ3v) is 0. The van der Waals surface area contributed by atoms with E-state index in [0.717, 1.165) is 0 Å². The third kappa shape index (κ3) is 19.4. The van der Waals surface area contributed by atoms with Crippen LogP contribution in [0.3, 0.4) is 0 Å². The van der Waals surface area contributed by atoms with Crippen LogP contribution in [0.5, 0.6) is 0 Å². The molecule has 0 heterocycles. The molecular weight excluding hydrogens is 476 g/mol. The van der Waals surface area contributed by atoms with E-state index in [1.165, 1.54) is 0 Å². The molecule has 5 heavy (non-hydrogen) atoms.